The van der Waals surface area contributed by atoms with Crippen LogP contribution in [-0.4, -0.2) is 14.5 Å². The van der Waals surface area contributed by atoms with Gasteiger partial charge in [0.15, 0.2) is 5.65 Å². The number of aromatic nitrogens is 3. The Morgan fingerprint density at radius 3 is 2.71 bits per heavy atom. The minimum absolute atomic E-state index is 0.728. The minimum Gasteiger partial charge on any atom is -0.398 e. The lowest BCUT2D eigenvalue weighted by Crippen LogP contribution is -1.96. The van der Waals surface area contributed by atoms with Gasteiger partial charge in [0.05, 0.1) is 5.52 Å². The predicted molar refractivity (Wildman–Crippen MR) is 68.4 cm³/mol. The van der Waals surface area contributed by atoms with E-state index in [1.54, 1.807) is 6.20 Å². The summed E-state index contributed by atoms with van der Waals surface area (Å²) in [7, 11) is 1.97. The van der Waals surface area contributed by atoms with Crippen molar-refractivity contribution in [1.29, 1.82) is 0 Å². The Bertz CT molecular complexity index is 685. The topological polar surface area (TPSA) is 56.7 Å². The van der Waals surface area contributed by atoms with E-state index in [2.05, 4.69) is 9.97 Å². The van der Waals surface area contributed by atoms with Gasteiger partial charge in [0.2, 0.25) is 0 Å². The molecule has 0 bridgehead atoms. The van der Waals surface area contributed by atoms with E-state index in [-0.39, 0.29) is 0 Å². The number of benzene rings is 1. The fourth-order valence-corrected chi connectivity index (χ4v) is 1.97. The average Bonchev–Trinajstić information content (AvgIpc) is 2.68. The summed E-state index contributed by atoms with van der Waals surface area (Å²) in [6.45, 7) is 0. The zero-order valence-corrected chi connectivity index (χ0v) is 9.46. The van der Waals surface area contributed by atoms with Crippen LogP contribution in [0.1, 0.15) is 0 Å². The van der Waals surface area contributed by atoms with Crippen molar-refractivity contribution in [3.8, 4) is 11.4 Å². The van der Waals surface area contributed by atoms with Gasteiger partial charge < -0.3 is 10.3 Å². The van der Waals surface area contributed by atoms with Crippen molar-refractivity contribution >= 4 is 16.9 Å². The van der Waals surface area contributed by atoms with Crippen molar-refractivity contribution in [2.24, 2.45) is 7.05 Å². The summed E-state index contributed by atoms with van der Waals surface area (Å²) in [5.74, 6) is 0.844. The molecule has 0 fully saturated rings. The summed E-state index contributed by atoms with van der Waals surface area (Å²) in [6.07, 6.45) is 1.74. The van der Waals surface area contributed by atoms with Gasteiger partial charge in [-0.2, -0.15) is 0 Å². The number of hydrogen-bond donors (Lipinski definition) is 1. The van der Waals surface area contributed by atoms with E-state index in [4.69, 9.17) is 5.73 Å². The third-order valence-corrected chi connectivity index (χ3v) is 2.86. The smallest absolute Gasteiger partial charge is 0.178 e. The van der Waals surface area contributed by atoms with Crippen molar-refractivity contribution in [1.82, 2.24) is 14.5 Å². The lowest BCUT2D eigenvalue weighted by Gasteiger charge is -2.04. The molecule has 17 heavy (non-hydrogen) atoms. The van der Waals surface area contributed by atoms with Gasteiger partial charge in [-0.05, 0) is 24.3 Å². The molecule has 4 heteroatoms. The molecule has 0 saturated heterocycles. The van der Waals surface area contributed by atoms with E-state index in [9.17, 15) is 0 Å². The Hall–Kier alpha value is -2.36. The molecule has 2 N–H and O–H groups in total. The third-order valence-electron chi connectivity index (χ3n) is 2.86. The van der Waals surface area contributed by atoms with Crippen LogP contribution >= 0.6 is 0 Å². The summed E-state index contributed by atoms with van der Waals surface area (Å²) in [5.41, 5.74) is 9.38. The second kappa shape index (κ2) is 3.59. The molecule has 0 amide bonds. The number of nitrogen functional groups attached to an aromatic ring is 1. The molecule has 0 aliphatic rings. The number of aryl methyl sites for hydroxylation is 1. The van der Waals surface area contributed by atoms with Crippen LogP contribution < -0.4 is 5.73 Å². The van der Waals surface area contributed by atoms with Crippen LogP contribution in [0, 0.1) is 0 Å². The highest BCUT2D eigenvalue weighted by Gasteiger charge is 2.11. The van der Waals surface area contributed by atoms with Crippen LogP contribution in [0.3, 0.4) is 0 Å². The maximum absolute atomic E-state index is 5.97. The van der Waals surface area contributed by atoms with E-state index in [0.29, 0.717) is 0 Å². The number of anilines is 1. The largest absolute Gasteiger partial charge is 0.398 e. The van der Waals surface area contributed by atoms with Crippen LogP contribution in [-0.2, 0) is 7.05 Å². The van der Waals surface area contributed by atoms with E-state index < -0.39 is 0 Å². The molecular weight excluding hydrogens is 212 g/mol. The lowest BCUT2D eigenvalue weighted by atomic mass is 10.2. The molecule has 0 aliphatic carbocycles. The zero-order valence-electron chi connectivity index (χ0n) is 9.46. The molecule has 0 aliphatic heterocycles. The molecule has 84 valence electrons. The van der Waals surface area contributed by atoms with Gasteiger partial charge in [-0.15, -0.1) is 0 Å². The van der Waals surface area contributed by atoms with Gasteiger partial charge in [0.25, 0.3) is 0 Å². The number of nitrogens with two attached hydrogens (primary N) is 1. The molecule has 3 aromatic rings. The number of fused-ring (bicyclic) bond motifs is 1. The molecule has 2 aromatic heterocycles. The Kier molecular flexibility index (Phi) is 2.08. The SMILES string of the molecule is Cn1c(-c2ccccc2N)nc2ncccc21. The maximum Gasteiger partial charge on any atom is 0.178 e. The highest BCUT2D eigenvalue weighted by Crippen LogP contribution is 2.26. The molecule has 0 spiro atoms. The lowest BCUT2D eigenvalue weighted by molar-refractivity contribution is 0.960. The quantitative estimate of drug-likeness (QED) is 0.645. The first kappa shape index (κ1) is 9.84. The first-order valence-corrected chi connectivity index (χ1v) is 5.39. The van der Waals surface area contributed by atoms with E-state index in [1.807, 2.05) is 48.0 Å². The molecule has 4 nitrogen and oxygen atoms in total. The Labute approximate surface area is 98.7 Å². The fraction of sp³-hybridized carbons (Fsp3) is 0.0769. The fourth-order valence-electron chi connectivity index (χ4n) is 1.97. The minimum atomic E-state index is 0.728. The van der Waals surface area contributed by atoms with Crippen LogP contribution in [0.5, 0.6) is 0 Å². The molecule has 3 rings (SSSR count). The highest BCUT2D eigenvalue weighted by atomic mass is 15.1. The van der Waals surface area contributed by atoms with Crippen molar-refractivity contribution in [3.63, 3.8) is 0 Å². The Balaban J connectivity index is 2.32. The number of nitrogens with zero attached hydrogens (tertiary/aromatic N) is 3. The third kappa shape index (κ3) is 1.45. The monoisotopic (exact) mass is 224 g/mol. The standard InChI is InChI=1S/C13H12N4/c1-17-11-7-4-8-15-12(11)16-13(17)9-5-2-3-6-10(9)14/h2-8H,14H2,1H3. The van der Waals surface area contributed by atoms with Crippen LogP contribution in [0.25, 0.3) is 22.6 Å². The maximum atomic E-state index is 5.97. The number of pyridine rings is 1. The summed E-state index contributed by atoms with van der Waals surface area (Å²) in [4.78, 5) is 8.76. The summed E-state index contributed by atoms with van der Waals surface area (Å²) in [5, 5.41) is 0. The average molecular weight is 224 g/mol. The van der Waals surface area contributed by atoms with Gasteiger partial charge in [-0.3, -0.25) is 0 Å². The molecule has 0 saturated carbocycles. The number of imidazole rings is 1. The normalized spacial score (nSPS) is 10.9. The number of rotatable bonds is 1. The molecule has 1 aromatic carbocycles. The number of para-hydroxylation sites is 1. The van der Waals surface area contributed by atoms with Crippen LogP contribution in [0.2, 0.25) is 0 Å². The van der Waals surface area contributed by atoms with Gasteiger partial charge in [-0.1, -0.05) is 12.1 Å². The molecule has 0 radical (unpaired) electrons. The second-order valence-electron chi connectivity index (χ2n) is 3.93. The van der Waals surface area contributed by atoms with Crippen molar-refractivity contribution in [2.45, 2.75) is 0 Å². The van der Waals surface area contributed by atoms with Crippen LogP contribution in [0.15, 0.2) is 42.6 Å². The second-order valence-corrected chi connectivity index (χ2v) is 3.93. The van der Waals surface area contributed by atoms with Crippen molar-refractivity contribution < 1.29 is 0 Å². The summed E-state index contributed by atoms with van der Waals surface area (Å²) in [6, 6.07) is 11.6. The van der Waals surface area contributed by atoms with E-state index >= 15 is 0 Å². The highest BCUT2D eigenvalue weighted by molar-refractivity contribution is 5.80. The number of hydrogen-bond acceptors (Lipinski definition) is 3. The molecule has 0 atom stereocenters. The zero-order chi connectivity index (χ0) is 11.8. The van der Waals surface area contributed by atoms with Gasteiger partial charge in [0, 0.05) is 24.5 Å². The summed E-state index contributed by atoms with van der Waals surface area (Å²) >= 11 is 0. The Morgan fingerprint density at radius 2 is 1.94 bits per heavy atom. The predicted octanol–water partition coefficient (Wildman–Crippen LogP) is 2.22. The van der Waals surface area contributed by atoms with Crippen LogP contribution in [0.4, 0.5) is 5.69 Å². The van der Waals surface area contributed by atoms with Crippen molar-refractivity contribution in [2.75, 3.05) is 5.73 Å². The summed E-state index contributed by atoms with van der Waals surface area (Å²) < 4.78 is 2.01. The van der Waals surface area contributed by atoms with Gasteiger partial charge in [0.1, 0.15) is 5.82 Å². The molecule has 0 unspecified atom stereocenters. The molecule has 2 heterocycles. The molecular formula is C13H12N4. The van der Waals surface area contributed by atoms with E-state index in [1.165, 1.54) is 0 Å². The van der Waals surface area contributed by atoms with Crippen molar-refractivity contribution in [3.05, 3.63) is 42.6 Å². The van der Waals surface area contributed by atoms with E-state index in [0.717, 1.165) is 28.2 Å². The first-order chi connectivity index (χ1) is 8.27. The Morgan fingerprint density at radius 1 is 1.12 bits per heavy atom. The van der Waals surface area contributed by atoms with Gasteiger partial charge in [-0.25, -0.2) is 9.97 Å². The first-order valence-electron chi connectivity index (χ1n) is 5.39. The van der Waals surface area contributed by atoms with Gasteiger partial charge >= 0.3 is 0 Å².